The van der Waals surface area contributed by atoms with Crippen LogP contribution in [-0.2, 0) is 0 Å². The fourth-order valence-electron chi connectivity index (χ4n) is 1.48. The average molecular weight is 186 g/mol. The number of unbranched alkanes of at least 4 members (excludes halogenated alkanes) is 2. The average Bonchev–Trinajstić information content (AvgIpc) is 2.04. The number of hydrogen-bond acceptors (Lipinski definition) is 1. The zero-order chi connectivity index (χ0) is 10.1. The third-order valence-electron chi connectivity index (χ3n) is 2.14. The molecule has 0 bridgehead atoms. The first kappa shape index (κ1) is 12.3. The van der Waals surface area contributed by atoms with Gasteiger partial charge in [0.05, 0.1) is 0 Å². The number of nitrogens with two attached hydrogens (primary N) is 1. The maximum absolute atomic E-state index is 10.6. The van der Waals surface area contributed by atoms with Crippen LogP contribution in [0, 0.1) is 0 Å². The highest BCUT2D eigenvalue weighted by Gasteiger charge is 2.07. The highest BCUT2D eigenvalue weighted by atomic mass is 16.2. The van der Waals surface area contributed by atoms with Crippen LogP contribution in [0.3, 0.4) is 0 Å². The Morgan fingerprint density at radius 3 is 2.38 bits per heavy atom. The van der Waals surface area contributed by atoms with Gasteiger partial charge in [-0.2, -0.15) is 0 Å². The molecule has 0 aromatic carbocycles. The van der Waals surface area contributed by atoms with Gasteiger partial charge in [-0.15, -0.1) is 0 Å². The topological polar surface area (TPSA) is 55.1 Å². The van der Waals surface area contributed by atoms with Crippen molar-refractivity contribution in [3.8, 4) is 0 Å². The molecule has 0 aliphatic rings. The fraction of sp³-hybridized carbons (Fsp3) is 0.900. The van der Waals surface area contributed by atoms with Crippen LogP contribution in [0.2, 0.25) is 0 Å². The van der Waals surface area contributed by atoms with Crippen molar-refractivity contribution >= 4 is 6.03 Å². The van der Waals surface area contributed by atoms with Gasteiger partial charge in [-0.25, -0.2) is 4.79 Å². The van der Waals surface area contributed by atoms with Gasteiger partial charge in [-0.3, -0.25) is 0 Å². The Kier molecular flexibility index (Phi) is 7.45. The monoisotopic (exact) mass is 186 g/mol. The first-order valence-corrected chi connectivity index (χ1v) is 5.26. The third kappa shape index (κ3) is 7.62. The number of nitrogens with one attached hydrogen (secondary N) is 1. The summed E-state index contributed by atoms with van der Waals surface area (Å²) in [7, 11) is 0. The van der Waals surface area contributed by atoms with E-state index in [-0.39, 0.29) is 6.04 Å². The molecular weight excluding hydrogens is 164 g/mol. The van der Waals surface area contributed by atoms with Gasteiger partial charge in [0, 0.05) is 6.04 Å². The molecule has 0 aromatic heterocycles. The van der Waals surface area contributed by atoms with E-state index in [1.807, 2.05) is 0 Å². The number of urea groups is 1. The Morgan fingerprint density at radius 1 is 1.23 bits per heavy atom. The summed E-state index contributed by atoms with van der Waals surface area (Å²) >= 11 is 0. The van der Waals surface area contributed by atoms with Gasteiger partial charge in [0.2, 0.25) is 0 Å². The molecule has 3 heteroatoms. The summed E-state index contributed by atoms with van der Waals surface area (Å²) in [6, 6.07) is -0.107. The smallest absolute Gasteiger partial charge is 0.312 e. The molecular formula is C10H22N2O. The predicted octanol–water partition coefficient (Wildman–Crippen LogP) is 2.40. The Hall–Kier alpha value is -0.730. The van der Waals surface area contributed by atoms with E-state index in [4.69, 9.17) is 5.73 Å². The molecule has 0 aromatic rings. The second kappa shape index (κ2) is 7.90. The standard InChI is InChI=1S/C10H22N2O/c1-3-5-6-8-9(7-4-2)12-10(11)13/h9H,3-8H2,1-2H3,(H3,11,12,13). The van der Waals surface area contributed by atoms with Crippen molar-refractivity contribution in [1.29, 1.82) is 0 Å². The number of carbonyl (C=O) groups is 1. The van der Waals surface area contributed by atoms with Crippen molar-refractivity contribution in [2.75, 3.05) is 0 Å². The maximum Gasteiger partial charge on any atom is 0.312 e. The molecule has 3 nitrogen and oxygen atoms in total. The molecule has 0 saturated carbocycles. The lowest BCUT2D eigenvalue weighted by atomic mass is 10.0. The van der Waals surface area contributed by atoms with Gasteiger partial charge >= 0.3 is 6.03 Å². The summed E-state index contributed by atoms with van der Waals surface area (Å²) in [4.78, 5) is 10.6. The van der Waals surface area contributed by atoms with Gasteiger partial charge in [0.15, 0.2) is 0 Å². The maximum atomic E-state index is 10.6. The molecule has 3 N–H and O–H groups in total. The first-order valence-electron chi connectivity index (χ1n) is 5.26. The Morgan fingerprint density at radius 2 is 1.92 bits per heavy atom. The summed E-state index contributed by atoms with van der Waals surface area (Å²) in [6.07, 6.45) is 6.83. The molecule has 1 atom stereocenters. The second-order valence-corrected chi connectivity index (χ2v) is 3.49. The third-order valence-corrected chi connectivity index (χ3v) is 2.14. The van der Waals surface area contributed by atoms with E-state index < -0.39 is 6.03 Å². The fourth-order valence-corrected chi connectivity index (χ4v) is 1.48. The molecule has 0 heterocycles. The summed E-state index contributed by atoms with van der Waals surface area (Å²) in [5.41, 5.74) is 5.08. The van der Waals surface area contributed by atoms with E-state index in [1.165, 1.54) is 19.3 Å². The molecule has 13 heavy (non-hydrogen) atoms. The Bertz CT molecular complexity index is 137. The van der Waals surface area contributed by atoms with E-state index in [2.05, 4.69) is 19.2 Å². The van der Waals surface area contributed by atoms with E-state index in [9.17, 15) is 4.79 Å². The Balaban J connectivity index is 3.59. The quantitative estimate of drug-likeness (QED) is 0.589. The van der Waals surface area contributed by atoms with E-state index >= 15 is 0 Å². The molecule has 0 aliphatic carbocycles. The molecule has 0 spiro atoms. The molecule has 0 aliphatic heterocycles. The lowest BCUT2D eigenvalue weighted by molar-refractivity contribution is 0.243. The number of carbonyl (C=O) groups excluding carboxylic acids is 1. The molecule has 0 radical (unpaired) electrons. The number of amides is 2. The van der Waals surface area contributed by atoms with E-state index in [0.29, 0.717) is 0 Å². The number of hydrogen-bond donors (Lipinski definition) is 2. The van der Waals surface area contributed by atoms with Crippen molar-refractivity contribution in [2.24, 2.45) is 5.73 Å². The molecule has 78 valence electrons. The van der Waals surface area contributed by atoms with Gasteiger partial charge in [-0.1, -0.05) is 39.5 Å². The van der Waals surface area contributed by atoms with Gasteiger partial charge < -0.3 is 11.1 Å². The summed E-state index contributed by atoms with van der Waals surface area (Å²) in [5.74, 6) is 0. The zero-order valence-corrected chi connectivity index (χ0v) is 8.81. The lowest BCUT2D eigenvalue weighted by Crippen LogP contribution is -2.38. The highest BCUT2D eigenvalue weighted by molar-refractivity contribution is 5.71. The van der Waals surface area contributed by atoms with Crippen LogP contribution in [0.5, 0.6) is 0 Å². The van der Waals surface area contributed by atoms with E-state index in [0.717, 1.165) is 19.3 Å². The minimum atomic E-state index is -0.394. The Labute approximate surface area is 81.1 Å². The second-order valence-electron chi connectivity index (χ2n) is 3.49. The van der Waals surface area contributed by atoms with E-state index in [1.54, 1.807) is 0 Å². The van der Waals surface area contributed by atoms with Crippen molar-refractivity contribution in [3.05, 3.63) is 0 Å². The summed E-state index contributed by atoms with van der Waals surface area (Å²) in [6.45, 7) is 4.30. The normalized spacial score (nSPS) is 12.5. The van der Waals surface area contributed by atoms with Crippen LogP contribution in [0.1, 0.15) is 52.4 Å². The first-order chi connectivity index (χ1) is 6.20. The number of rotatable bonds is 7. The number of primary amides is 1. The van der Waals surface area contributed by atoms with Crippen LogP contribution < -0.4 is 11.1 Å². The minimum Gasteiger partial charge on any atom is -0.352 e. The molecule has 0 rings (SSSR count). The summed E-state index contributed by atoms with van der Waals surface area (Å²) < 4.78 is 0. The van der Waals surface area contributed by atoms with Crippen molar-refractivity contribution < 1.29 is 4.79 Å². The van der Waals surface area contributed by atoms with Crippen molar-refractivity contribution in [1.82, 2.24) is 5.32 Å². The lowest BCUT2D eigenvalue weighted by Gasteiger charge is -2.16. The van der Waals surface area contributed by atoms with Gasteiger partial charge in [0.1, 0.15) is 0 Å². The zero-order valence-electron chi connectivity index (χ0n) is 8.81. The highest BCUT2D eigenvalue weighted by Crippen LogP contribution is 2.07. The summed E-state index contributed by atoms with van der Waals surface area (Å²) in [5, 5.41) is 2.78. The van der Waals surface area contributed by atoms with Crippen molar-refractivity contribution in [2.45, 2.75) is 58.4 Å². The van der Waals surface area contributed by atoms with Crippen LogP contribution >= 0.6 is 0 Å². The molecule has 1 unspecified atom stereocenters. The minimum absolute atomic E-state index is 0.286. The SMILES string of the molecule is CCCCCC(CCC)NC(N)=O. The molecule has 2 amide bonds. The molecule has 0 fully saturated rings. The predicted molar refractivity (Wildman–Crippen MR) is 55.6 cm³/mol. The van der Waals surface area contributed by atoms with Gasteiger partial charge in [0.25, 0.3) is 0 Å². The van der Waals surface area contributed by atoms with Crippen LogP contribution in [-0.4, -0.2) is 12.1 Å². The van der Waals surface area contributed by atoms with Crippen molar-refractivity contribution in [3.63, 3.8) is 0 Å². The largest absolute Gasteiger partial charge is 0.352 e. The van der Waals surface area contributed by atoms with Crippen LogP contribution in [0.4, 0.5) is 4.79 Å². The van der Waals surface area contributed by atoms with Crippen LogP contribution in [0.15, 0.2) is 0 Å². The molecule has 0 saturated heterocycles. The van der Waals surface area contributed by atoms with Crippen LogP contribution in [0.25, 0.3) is 0 Å². The van der Waals surface area contributed by atoms with Gasteiger partial charge in [-0.05, 0) is 12.8 Å².